The Bertz CT molecular complexity index is 1070. The third-order valence-electron chi connectivity index (χ3n) is 5.27. The molecule has 0 fully saturated rings. The summed E-state index contributed by atoms with van der Waals surface area (Å²) < 4.78 is 0. The Morgan fingerprint density at radius 2 is 1.74 bits per heavy atom. The van der Waals surface area contributed by atoms with Crippen LogP contribution in [0.15, 0.2) is 48.5 Å². The van der Waals surface area contributed by atoms with Crippen molar-refractivity contribution < 1.29 is 9.90 Å². The van der Waals surface area contributed by atoms with Crippen LogP contribution < -0.4 is 0 Å². The van der Waals surface area contributed by atoms with E-state index >= 15 is 0 Å². The summed E-state index contributed by atoms with van der Waals surface area (Å²) in [6.07, 6.45) is 3.69. The van der Waals surface area contributed by atoms with E-state index < -0.39 is 5.97 Å². The second-order valence-corrected chi connectivity index (χ2v) is 8.18. The number of aromatic nitrogens is 1. The van der Waals surface area contributed by atoms with E-state index in [1.54, 1.807) is 0 Å². The van der Waals surface area contributed by atoms with Gasteiger partial charge in [0.25, 0.3) is 0 Å². The molecule has 136 valence electrons. The highest BCUT2D eigenvalue weighted by molar-refractivity contribution is 6.06. The Morgan fingerprint density at radius 1 is 1.04 bits per heavy atom. The predicted molar refractivity (Wildman–Crippen MR) is 110 cm³/mol. The van der Waals surface area contributed by atoms with E-state index in [0.717, 1.165) is 46.1 Å². The number of benzene rings is 2. The zero-order chi connectivity index (χ0) is 19.2. The fraction of sp³-hybridized carbons (Fsp3) is 0.250. The number of aromatic carboxylic acids is 1. The van der Waals surface area contributed by atoms with Crippen molar-refractivity contribution in [3.63, 3.8) is 0 Å². The summed E-state index contributed by atoms with van der Waals surface area (Å²) in [7, 11) is 0. The first kappa shape index (κ1) is 17.5. The summed E-state index contributed by atoms with van der Waals surface area (Å²) in [4.78, 5) is 16.7. The number of para-hydroxylation sites is 1. The van der Waals surface area contributed by atoms with Crippen molar-refractivity contribution in [1.82, 2.24) is 4.98 Å². The van der Waals surface area contributed by atoms with Crippen LogP contribution >= 0.6 is 0 Å². The summed E-state index contributed by atoms with van der Waals surface area (Å²) in [6.45, 7) is 6.61. The van der Waals surface area contributed by atoms with Gasteiger partial charge >= 0.3 is 5.97 Å². The van der Waals surface area contributed by atoms with Crippen LogP contribution in [0.2, 0.25) is 0 Å². The van der Waals surface area contributed by atoms with Gasteiger partial charge in [0.15, 0.2) is 0 Å². The molecule has 0 spiro atoms. The van der Waals surface area contributed by atoms with Gasteiger partial charge in [-0.15, -0.1) is 0 Å². The summed E-state index contributed by atoms with van der Waals surface area (Å²) in [5.74, 6) is -0.874. The standard InChI is InChI=1S/C24H23NO2/c1-24(2,3)17-11-8-15(9-12-17)14-16-10-13-19-21(23(26)27)18-6-4-5-7-20(18)25-22(16)19/h4-9,11-12,14H,10,13H2,1-3H3,(H,26,27)/b16-14-. The zero-order valence-corrected chi connectivity index (χ0v) is 15.9. The van der Waals surface area contributed by atoms with Crippen molar-refractivity contribution in [2.75, 3.05) is 0 Å². The molecule has 3 nitrogen and oxygen atoms in total. The van der Waals surface area contributed by atoms with E-state index in [0.29, 0.717) is 5.56 Å². The SMILES string of the molecule is CC(C)(C)c1ccc(/C=C2/CCc3c2nc2ccccc2c3C(=O)O)cc1. The number of allylic oxidation sites excluding steroid dienone is 1. The molecule has 0 unspecified atom stereocenters. The van der Waals surface area contributed by atoms with Gasteiger partial charge in [0.1, 0.15) is 0 Å². The topological polar surface area (TPSA) is 50.2 Å². The molecule has 0 amide bonds. The summed E-state index contributed by atoms with van der Waals surface area (Å²) in [5, 5.41) is 10.5. The highest BCUT2D eigenvalue weighted by atomic mass is 16.4. The molecular weight excluding hydrogens is 334 g/mol. The van der Waals surface area contributed by atoms with Crippen LogP contribution in [0, 0.1) is 0 Å². The molecule has 1 aromatic heterocycles. The molecule has 0 saturated heterocycles. The van der Waals surface area contributed by atoms with E-state index in [2.05, 4.69) is 51.1 Å². The number of carbonyl (C=O) groups is 1. The van der Waals surface area contributed by atoms with E-state index in [1.807, 2.05) is 24.3 Å². The van der Waals surface area contributed by atoms with Crippen LogP contribution in [0.3, 0.4) is 0 Å². The van der Waals surface area contributed by atoms with Crippen molar-refractivity contribution in [1.29, 1.82) is 0 Å². The van der Waals surface area contributed by atoms with Crippen LogP contribution in [0.4, 0.5) is 0 Å². The maximum atomic E-state index is 11.9. The average Bonchev–Trinajstić information content (AvgIpc) is 3.01. The van der Waals surface area contributed by atoms with Crippen molar-refractivity contribution >= 4 is 28.5 Å². The highest BCUT2D eigenvalue weighted by Gasteiger charge is 2.26. The van der Waals surface area contributed by atoms with Gasteiger partial charge in [-0.1, -0.05) is 63.2 Å². The molecule has 1 heterocycles. The van der Waals surface area contributed by atoms with Crippen LogP contribution in [0.25, 0.3) is 22.6 Å². The lowest BCUT2D eigenvalue weighted by atomic mass is 9.86. The van der Waals surface area contributed by atoms with Crippen molar-refractivity contribution in [2.24, 2.45) is 0 Å². The lowest BCUT2D eigenvalue weighted by Gasteiger charge is -2.18. The molecule has 0 atom stereocenters. The molecular formula is C24H23NO2. The molecule has 27 heavy (non-hydrogen) atoms. The molecule has 0 bridgehead atoms. The third-order valence-corrected chi connectivity index (χ3v) is 5.27. The molecule has 3 heteroatoms. The fourth-order valence-electron chi connectivity index (χ4n) is 3.80. The maximum Gasteiger partial charge on any atom is 0.336 e. The van der Waals surface area contributed by atoms with E-state index in [4.69, 9.17) is 4.98 Å². The van der Waals surface area contributed by atoms with Crippen LogP contribution in [0.5, 0.6) is 0 Å². The minimum Gasteiger partial charge on any atom is -0.478 e. The lowest BCUT2D eigenvalue weighted by molar-refractivity contribution is 0.0698. The van der Waals surface area contributed by atoms with Crippen LogP contribution in [-0.4, -0.2) is 16.1 Å². The van der Waals surface area contributed by atoms with Crippen molar-refractivity contribution in [2.45, 2.75) is 39.0 Å². The quantitative estimate of drug-likeness (QED) is 0.638. The maximum absolute atomic E-state index is 11.9. The molecule has 4 rings (SSSR count). The zero-order valence-electron chi connectivity index (χ0n) is 15.9. The van der Waals surface area contributed by atoms with Gasteiger partial charge in [0.2, 0.25) is 0 Å². The van der Waals surface area contributed by atoms with Gasteiger partial charge in [-0.3, -0.25) is 0 Å². The Hall–Kier alpha value is -2.94. The minimum atomic E-state index is -0.874. The Balaban J connectivity index is 1.82. The molecule has 0 radical (unpaired) electrons. The smallest absolute Gasteiger partial charge is 0.336 e. The van der Waals surface area contributed by atoms with E-state index in [9.17, 15) is 9.90 Å². The van der Waals surface area contributed by atoms with Gasteiger partial charge in [-0.2, -0.15) is 0 Å². The number of fused-ring (bicyclic) bond motifs is 2. The number of rotatable bonds is 2. The number of hydrogen-bond donors (Lipinski definition) is 1. The number of pyridine rings is 1. The molecule has 2 aromatic carbocycles. The minimum absolute atomic E-state index is 0.127. The summed E-state index contributed by atoms with van der Waals surface area (Å²) >= 11 is 0. The average molecular weight is 357 g/mol. The summed E-state index contributed by atoms with van der Waals surface area (Å²) in [6, 6.07) is 16.1. The summed E-state index contributed by atoms with van der Waals surface area (Å²) in [5.41, 5.74) is 6.51. The molecule has 0 aliphatic heterocycles. The van der Waals surface area contributed by atoms with Crippen LogP contribution in [0.1, 0.15) is 59.9 Å². The molecule has 0 saturated carbocycles. The van der Waals surface area contributed by atoms with Crippen LogP contribution in [-0.2, 0) is 11.8 Å². The van der Waals surface area contributed by atoms with Crippen molar-refractivity contribution in [3.05, 3.63) is 76.5 Å². The molecule has 1 N–H and O–H groups in total. The van der Waals surface area contributed by atoms with Crippen molar-refractivity contribution in [3.8, 4) is 0 Å². The first-order chi connectivity index (χ1) is 12.8. The number of carboxylic acid groups (broad SMARTS) is 1. The number of carboxylic acids is 1. The monoisotopic (exact) mass is 357 g/mol. The Morgan fingerprint density at radius 3 is 2.41 bits per heavy atom. The Labute approximate surface area is 159 Å². The van der Waals surface area contributed by atoms with E-state index in [-0.39, 0.29) is 5.41 Å². The Kier molecular flexibility index (Phi) is 4.11. The first-order valence-electron chi connectivity index (χ1n) is 9.31. The molecule has 3 aromatic rings. The molecule has 1 aliphatic rings. The predicted octanol–water partition coefficient (Wildman–Crippen LogP) is 5.72. The molecule has 1 aliphatic carbocycles. The van der Waals surface area contributed by atoms with E-state index in [1.165, 1.54) is 5.56 Å². The number of nitrogens with zero attached hydrogens (tertiary/aromatic N) is 1. The lowest BCUT2D eigenvalue weighted by Crippen LogP contribution is -2.10. The van der Waals surface area contributed by atoms with Gasteiger partial charge in [-0.05, 0) is 52.7 Å². The van der Waals surface area contributed by atoms with Gasteiger partial charge in [0, 0.05) is 5.39 Å². The normalized spacial score (nSPS) is 15.3. The first-order valence-corrected chi connectivity index (χ1v) is 9.31. The third kappa shape index (κ3) is 3.14. The van der Waals surface area contributed by atoms with Gasteiger partial charge in [0.05, 0.1) is 16.8 Å². The second-order valence-electron chi connectivity index (χ2n) is 8.18. The number of hydrogen-bond acceptors (Lipinski definition) is 2. The highest BCUT2D eigenvalue weighted by Crippen LogP contribution is 2.37. The largest absolute Gasteiger partial charge is 0.478 e. The fourth-order valence-corrected chi connectivity index (χ4v) is 3.80. The van der Waals surface area contributed by atoms with Gasteiger partial charge < -0.3 is 5.11 Å². The van der Waals surface area contributed by atoms with Gasteiger partial charge in [-0.25, -0.2) is 9.78 Å². The second kappa shape index (κ2) is 6.34.